The molecule has 3 rings (SSSR count). The number of imidazole rings is 1. The van der Waals surface area contributed by atoms with Crippen LogP contribution < -0.4 is 16.6 Å². The summed E-state index contributed by atoms with van der Waals surface area (Å²) in [7, 11) is 1.51. The van der Waals surface area contributed by atoms with Crippen LogP contribution in [-0.4, -0.2) is 36.5 Å². The topological polar surface area (TPSA) is 115 Å². The minimum atomic E-state index is -0.614. The molecule has 0 unspecified atom stereocenters. The van der Waals surface area contributed by atoms with Gasteiger partial charge in [-0.1, -0.05) is 6.92 Å². The van der Waals surface area contributed by atoms with Gasteiger partial charge in [-0.15, -0.1) is 0 Å². The Hall–Kier alpha value is -3.23. The molecule has 1 amide bonds. The summed E-state index contributed by atoms with van der Waals surface area (Å²) in [6.45, 7) is 4.96. The van der Waals surface area contributed by atoms with Crippen molar-refractivity contribution in [1.29, 1.82) is 0 Å². The summed E-state index contributed by atoms with van der Waals surface area (Å²) in [5, 5.41) is 2.95. The highest BCUT2D eigenvalue weighted by molar-refractivity contribution is 6.05. The lowest BCUT2D eigenvalue weighted by Gasteiger charge is -2.11. The Morgan fingerprint density at radius 2 is 2.11 bits per heavy atom. The van der Waals surface area contributed by atoms with E-state index in [1.165, 1.54) is 11.6 Å². The van der Waals surface area contributed by atoms with Crippen LogP contribution in [0.3, 0.4) is 0 Å². The Labute approximate surface area is 155 Å². The number of hydrogen-bond donors (Lipinski definition) is 2. The molecule has 0 fully saturated rings. The Bertz CT molecular complexity index is 1110. The molecule has 0 aliphatic carbocycles. The lowest BCUT2D eigenvalue weighted by molar-refractivity contribution is 0.0954. The van der Waals surface area contributed by atoms with Crippen molar-refractivity contribution in [2.75, 3.05) is 6.54 Å². The van der Waals surface area contributed by atoms with Gasteiger partial charge in [0.2, 0.25) is 0 Å². The monoisotopic (exact) mass is 370 g/mol. The molecule has 0 spiro atoms. The summed E-state index contributed by atoms with van der Waals surface area (Å²) in [4.78, 5) is 47.4. The molecule has 9 nitrogen and oxygen atoms in total. The van der Waals surface area contributed by atoms with E-state index in [-0.39, 0.29) is 22.5 Å². The average Bonchev–Trinajstić information content (AvgIpc) is 3.09. The Morgan fingerprint density at radius 3 is 2.85 bits per heavy atom. The number of aromatic amines is 1. The lowest BCUT2D eigenvalue weighted by atomic mass is 10.1. The molecule has 0 radical (unpaired) electrons. The second kappa shape index (κ2) is 7.56. The number of hydrogen-bond acceptors (Lipinski definition) is 5. The van der Waals surface area contributed by atoms with Crippen molar-refractivity contribution in [2.24, 2.45) is 7.05 Å². The number of nitrogens with one attached hydrogen (secondary N) is 2. The molecule has 0 saturated heterocycles. The number of pyridine rings is 1. The standard InChI is InChI=1S/C18H22N6O3/c1-4-13-19-7-9-24(13)8-5-6-20-16(25)12-10-11(2)21-15-14(12)17(26)22-18(27)23(15)3/h7,9-10H,4-6,8H2,1-3H3,(H,20,25)(H,22,26,27). The minimum Gasteiger partial charge on any atom is -0.352 e. The molecule has 3 heterocycles. The number of rotatable bonds is 6. The van der Waals surface area contributed by atoms with Crippen molar-refractivity contribution in [1.82, 2.24) is 29.4 Å². The molecule has 0 atom stereocenters. The molecule has 27 heavy (non-hydrogen) atoms. The van der Waals surface area contributed by atoms with Gasteiger partial charge < -0.3 is 9.88 Å². The van der Waals surface area contributed by atoms with E-state index in [4.69, 9.17) is 0 Å². The van der Waals surface area contributed by atoms with Gasteiger partial charge in [0.25, 0.3) is 11.5 Å². The lowest BCUT2D eigenvalue weighted by Crippen LogP contribution is -2.32. The molecule has 0 aliphatic heterocycles. The van der Waals surface area contributed by atoms with E-state index in [1.54, 1.807) is 19.2 Å². The van der Waals surface area contributed by atoms with Crippen molar-refractivity contribution in [3.05, 3.63) is 56.4 Å². The molecule has 9 heteroatoms. The van der Waals surface area contributed by atoms with Crippen molar-refractivity contribution in [3.63, 3.8) is 0 Å². The Morgan fingerprint density at radius 1 is 1.33 bits per heavy atom. The quantitative estimate of drug-likeness (QED) is 0.614. The smallest absolute Gasteiger partial charge is 0.329 e. The second-order valence-corrected chi connectivity index (χ2v) is 6.33. The Kier molecular flexibility index (Phi) is 5.20. The van der Waals surface area contributed by atoms with E-state index >= 15 is 0 Å². The molecular weight excluding hydrogens is 348 g/mol. The van der Waals surface area contributed by atoms with Crippen molar-refractivity contribution < 1.29 is 4.79 Å². The third-order valence-corrected chi connectivity index (χ3v) is 4.42. The van der Waals surface area contributed by atoms with Gasteiger partial charge in [0.15, 0.2) is 0 Å². The maximum Gasteiger partial charge on any atom is 0.329 e. The van der Waals surface area contributed by atoms with E-state index in [2.05, 4.69) is 24.8 Å². The fourth-order valence-electron chi connectivity index (χ4n) is 3.05. The van der Waals surface area contributed by atoms with Gasteiger partial charge >= 0.3 is 5.69 Å². The van der Waals surface area contributed by atoms with Crippen LogP contribution in [0.2, 0.25) is 0 Å². The van der Waals surface area contributed by atoms with E-state index in [1.807, 2.05) is 13.1 Å². The zero-order valence-electron chi connectivity index (χ0n) is 15.6. The first kappa shape index (κ1) is 18.6. The van der Waals surface area contributed by atoms with E-state index in [0.29, 0.717) is 12.2 Å². The van der Waals surface area contributed by atoms with Gasteiger partial charge in [0.1, 0.15) is 11.5 Å². The number of fused-ring (bicyclic) bond motifs is 1. The number of H-pyrrole nitrogens is 1. The number of aryl methyl sites for hydroxylation is 4. The number of carbonyl (C=O) groups is 1. The van der Waals surface area contributed by atoms with Crippen LogP contribution in [0, 0.1) is 6.92 Å². The number of aromatic nitrogens is 5. The SMILES string of the molecule is CCc1nccn1CCCNC(=O)c1cc(C)nc2c1c(=O)[nH]c(=O)n2C. The first-order chi connectivity index (χ1) is 12.9. The average molecular weight is 370 g/mol. The summed E-state index contributed by atoms with van der Waals surface area (Å²) < 4.78 is 3.28. The zero-order chi connectivity index (χ0) is 19.6. The number of amides is 1. The summed E-state index contributed by atoms with van der Waals surface area (Å²) >= 11 is 0. The molecule has 0 aromatic carbocycles. The number of nitrogens with zero attached hydrogens (tertiary/aromatic N) is 4. The van der Waals surface area contributed by atoms with Crippen LogP contribution in [0.1, 0.15) is 35.2 Å². The third-order valence-electron chi connectivity index (χ3n) is 4.42. The molecule has 142 valence electrons. The van der Waals surface area contributed by atoms with Crippen molar-refractivity contribution in [2.45, 2.75) is 33.2 Å². The summed E-state index contributed by atoms with van der Waals surface area (Å²) in [5.41, 5.74) is -0.217. The van der Waals surface area contributed by atoms with Crippen LogP contribution >= 0.6 is 0 Å². The predicted octanol–water partition coefficient (Wildman–Crippen LogP) is 0.509. The van der Waals surface area contributed by atoms with E-state index < -0.39 is 11.2 Å². The largest absolute Gasteiger partial charge is 0.352 e. The van der Waals surface area contributed by atoms with Gasteiger partial charge in [-0.2, -0.15) is 0 Å². The molecule has 2 N–H and O–H groups in total. The highest BCUT2D eigenvalue weighted by Crippen LogP contribution is 2.13. The molecule has 0 aliphatic rings. The van der Waals surface area contributed by atoms with E-state index in [9.17, 15) is 14.4 Å². The molecule has 3 aromatic heterocycles. The van der Waals surface area contributed by atoms with Crippen LogP contribution in [-0.2, 0) is 20.0 Å². The zero-order valence-corrected chi connectivity index (χ0v) is 15.6. The van der Waals surface area contributed by atoms with Gasteiger partial charge in [-0.3, -0.25) is 19.1 Å². The second-order valence-electron chi connectivity index (χ2n) is 6.33. The highest BCUT2D eigenvalue weighted by Gasteiger charge is 2.17. The van der Waals surface area contributed by atoms with Gasteiger partial charge in [0.05, 0.1) is 10.9 Å². The summed E-state index contributed by atoms with van der Waals surface area (Å²) in [5.74, 6) is 0.639. The minimum absolute atomic E-state index is 0.114. The highest BCUT2D eigenvalue weighted by atomic mass is 16.2. The Balaban J connectivity index is 1.79. The van der Waals surface area contributed by atoms with Crippen LogP contribution in [0.15, 0.2) is 28.0 Å². The summed E-state index contributed by atoms with van der Waals surface area (Å²) in [6, 6.07) is 1.56. The van der Waals surface area contributed by atoms with Crippen molar-refractivity contribution in [3.8, 4) is 0 Å². The molecule has 0 saturated carbocycles. The fraction of sp³-hybridized carbons (Fsp3) is 0.389. The number of carbonyl (C=O) groups excluding carboxylic acids is 1. The first-order valence-corrected chi connectivity index (χ1v) is 8.81. The van der Waals surface area contributed by atoms with Crippen LogP contribution in [0.25, 0.3) is 11.0 Å². The predicted molar refractivity (Wildman–Crippen MR) is 101 cm³/mol. The normalized spacial score (nSPS) is 11.1. The van der Waals surface area contributed by atoms with Gasteiger partial charge in [0, 0.05) is 44.6 Å². The van der Waals surface area contributed by atoms with Crippen molar-refractivity contribution >= 4 is 16.9 Å². The third kappa shape index (κ3) is 3.67. The maximum atomic E-state index is 12.6. The maximum absolute atomic E-state index is 12.6. The van der Waals surface area contributed by atoms with Gasteiger partial charge in [-0.25, -0.2) is 14.8 Å². The van der Waals surface area contributed by atoms with Crippen LogP contribution in [0.4, 0.5) is 0 Å². The first-order valence-electron chi connectivity index (χ1n) is 8.81. The molecule has 3 aromatic rings. The van der Waals surface area contributed by atoms with E-state index in [0.717, 1.165) is 25.2 Å². The molecular formula is C18H22N6O3. The summed E-state index contributed by atoms with van der Waals surface area (Å²) in [6.07, 6.45) is 5.26. The fourth-order valence-corrected chi connectivity index (χ4v) is 3.05. The van der Waals surface area contributed by atoms with Gasteiger partial charge in [-0.05, 0) is 19.4 Å². The molecule has 0 bridgehead atoms. The van der Waals surface area contributed by atoms with Crippen LogP contribution in [0.5, 0.6) is 0 Å².